The monoisotopic (exact) mass is 479 g/mol. The molecule has 0 saturated heterocycles. The van der Waals surface area contributed by atoms with Crippen LogP contribution in [0.5, 0.6) is 0 Å². The van der Waals surface area contributed by atoms with Crippen LogP contribution in [0.2, 0.25) is 0 Å². The molecule has 0 aliphatic rings. The second-order valence-corrected chi connectivity index (χ2v) is 8.91. The molecule has 1 aromatic rings. The number of esters is 1. The lowest BCUT2D eigenvalue weighted by molar-refractivity contribution is -0.146. The second-order valence-electron chi connectivity index (χ2n) is 7.93. The molecule has 0 aliphatic heterocycles. The largest absolute Gasteiger partial charge is 0.467 e. The first kappa shape index (κ1) is 28.5. The van der Waals surface area contributed by atoms with Gasteiger partial charge in [0.2, 0.25) is 18.2 Å². The van der Waals surface area contributed by atoms with Gasteiger partial charge in [-0.05, 0) is 36.8 Å². The summed E-state index contributed by atoms with van der Waals surface area (Å²) in [5.41, 5.74) is -0.327. The van der Waals surface area contributed by atoms with Crippen LogP contribution in [0.15, 0.2) is 30.3 Å². The molecule has 2 atom stereocenters. The summed E-state index contributed by atoms with van der Waals surface area (Å²) in [5.74, 6) is -0.714. The molecular formula is C24H37N3O5S. The molecule has 0 radical (unpaired) electrons. The number of carbonyl (C=O) groups excluding carboxylic acids is 4. The van der Waals surface area contributed by atoms with Crippen molar-refractivity contribution in [2.45, 2.75) is 70.0 Å². The lowest BCUT2D eigenvalue weighted by atomic mass is 9.86. The summed E-state index contributed by atoms with van der Waals surface area (Å²) in [6.45, 7) is 3.86. The van der Waals surface area contributed by atoms with Crippen LogP contribution in [-0.4, -0.2) is 60.9 Å². The quantitative estimate of drug-likeness (QED) is 0.247. The topological polar surface area (TPSA) is 114 Å². The number of hydrogen-bond donors (Lipinski definition) is 3. The van der Waals surface area contributed by atoms with E-state index in [9.17, 15) is 19.2 Å². The lowest BCUT2D eigenvalue weighted by Gasteiger charge is -2.35. The van der Waals surface area contributed by atoms with E-state index in [-0.39, 0.29) is 6.42 Å². The molecule has 9 heteroatoms. The van der Waals surface area contributed by atoms with Crippen LogP contribution < -0.4 is 16.0 Å². The van der Waals surface area contributed by atoms with Crippen molar-refractivity contribution in [1.82, 2.24) is 16.0 Å². The van der Waals surface area contributed by atoms with E-state index in [2.05, 4.69) is 16.0 Å². The standard InChI is InChI=1S/C24H37N3O5S/c1-5-13-24(14-6-2,27-21(29)19(25-17-28)12-15-33-4)23(31)26-20(22(30)32-3)16-18-10-8-7-9-11-18/h7-11,17,19-20H,5-6,12-16H2,1-4H3,(H,25,28)(H,26,31)(H,27,29)/t19-,20-/m0/s1. The zero-order valence-corrected chi connectivity index (χ0v) is 20.8. The molecule has 3 amide bonds. The van der Waals surface area contributed by atoms with Gasteiger partial charge in [-0.1, -0.05) is 57.0 Å². The molecule has 8 nitrogen and oxygen atoms in total. The van der Waals surface area contributed by atoms with Crippen molar-refractivity contribution in [1.29, 1.82) is 0 Å². The van der Waals surface area contributed by atoms with Gasteiger partial charge < -0.3 is 20.7 Å². The first-order valence-electron chi connectivity index (χ1n) is 11.3. The van der Waals surface area contributed by atoms with Gasteiger partial charge in [-0.25, -0.2) is 4.79 Å². The Kier molecular flexibility index (Phi) is 13.2. The summed E-state index contributed by atoms with van der Waals surface area (Å²) in [6.07, 6.45) is 5.21. The molecule has 3 N–H and O–H groups in total. The minimum atomic E-state index is -1.20. The fourth-order valence-corrected chi connectivity index (χ4v) is 4.27. The van der Waals surface area contributed by atoms with E-state index in [1.54, 1.807) is 11.8 Å². The van der Waals surface area contributed by atoms with Gasteiger partial charge in [0.05, 0.1) is 7.11 Å². The molecule has 33 heavy (non-hydrogen) atoms. The van der Waals surface area contributed by atoms with Crippen molar-refractivity contribution < 1.29 is 23.9 Å². The summed E-state index contributed by atoms with van der Waals surface area (Å²) in [6, 6.07) is 7.71. The average molecular weight is 480 g/mol. The maximum absolute atomic E-state index is 13.6. The van der Waals surface area contributed by atoms with E-state index >= 15 is 0 Å². The van der Waals surface area contributed by atoms with E-state index in [1.165, 1.54) is 7.11 Å². The first-order chi connectivity index (χ1) is 15.9. The minimum absolute atomic E-state index is 0.268. The number of ether oxygens (including phenoxy) is 1. The highest BCUT2D eigenvalue weighted by Gasteiger charge is 2.41. The first-order valence-corrected chi connectivity index (χ1v) is 12.7. The molecule has 184 valence electrons. The molecular weight excluding hydrogens is 442 g/mol. The fourth-order valence-electron chi connectivity index (χ4n) is 3.80. The highest BCUT2D eigenvalue weighted by atomic mass is 32.2. The average Bonchev–Trinajstić information content (AvgIpc) is 2.81. The molecule has 0 aromatic heterocycles. The highest BCUT2D eigenvalue weighted by molar-refractivity contribution is 7.98. The molecule has 1 rings (SSSR count). The van der Waals surface area contributed by atoms with Crippen LogP contribution >= 0.6 is 11.8 Å². The summed E-state index contributed by atoms with van der Waals surface area (Å²) in [7, 11) is 1.28. The number of rotatable bonds is 16. The SMILES string of the molecule is CCCC(CCC)(NC(=O)[C@H](CCSC)NC=O)C(=O)N[C@@H](Cc1ccccc1)C(=O)OC. The molecule has 0 aliphatic carbocycles. The number of benzene rings is 1. The van der Waals surface area contributed by atoms with Crippen LogP contribution in [0.1, 0.15) is 51.5 Å². The van der Waals surface area contributed by atoms with Gasteiger partial charge >= 0.3 is 5.97 Å². The van der Waals surface area contributed by atoms with Gasteiger partial charge in [0.15, 0.2) is 0 Å². The fraction of sp³-hybridized carbons (Fsp3) is 0.583. The van der Waals surface area contributed by atoms with Crippen molar-refractivity contribution in [3.05, 3.63) is 35.9 Å². The van der Waals surface area contributed by atoms with Crippen LogP contribution in [0.4, 0.5) is 0 Å². The number of methoxy groups -OCH3 is 1. The van der Waals surface area contributed by atoms with E-state index in [0.717, 1.165) is 5.56 Å². The van der Waals surface area contributed by atoms with E-state index in [1.807, 2.05) is 50.4 Å². The molecule has 0 bridgehead atoms. The molecule has 0 unspecified atom stereocenters. The maximum Gasteiger partial charge on any atom is 0.328 e. The smallest absolute Gasteiger partial charge is 0.328 e. The molecule has 1 aromatic carbocycles. The zero-order valence-electron chi connectivity index (χ0n) is 20.0. The summed E-state index contributed by atoms with van der Waals surface area (Å²) in [4.78, 5) is 50.1. The number of nitrogens with one attached hydrogen (secondary N) is 3. The third-order valence-electron chi connectivity index (χ3n) is 5.42. The Labute approximate surface area is 201 Å². The number of carbonyl (C=O) groups is 4. The highest BCUT2D eigenvalue weighted by Crippen LogP contribution is 2.22. The summed E-state index contributed by atoms with van der Waals surface area (Å²) in [5, 5.41) is 8.29. The van der Waals surface area contributed by atoms with Gasteiger partial charge in [-0.3, -0.25) is 14.4 Å². The zero-order chi connectivity index (χ0) is 24.7. The normalized spacial score (nSPS) is 12.8. The number of amides is 3. The van der Waals surface area contributed by atoms with Crippen molar-refractivity contribution in [3.8, 4) is 0 Å². The van der Waals surface area contributed by atoms with Gasteiger partial charge in [-0.2, -0.15) is 11.8 Å². The third kappa shape index (κ3) is 9.07. The number of hydrogen-bond acceptors (Lipinski definition) is 6. The Bertz CT molecular complexity index is 754. The second kappa shape index (κ2) is 15.3. The summed E-state index contributed by atoms with van der Waals surface area (Å²) >= 11 is 1.57. The van der Waals surface area contributed by atoms with Crippen molar-refractivity contribution in [3.63, 3.8) is 0 Å². The van der Waals surface area contributed by atoms with Crippen LogP contribution in [0.25, 0.3) is 0 Å². The van der Waals surface area contributed by atoms with E-state index in [4.69, 9.17) is 4.74 Å². The molecule has 0 heterocycles. The van der Waals surface area contributed by atoms with Gasteiger partial charge in [0.1, 0.15) is 17.6 Å². The Balaban J connectivity index is 3.17. The molecule has 0 fully saturated rings. The molecule has 0 spiro atoms. The Morgan fingerprint density at radius 3 is 2.24 bits per heavy atom. The number of thioether (sulfide) groups is 1. The van der Waals surface area contributed by atoms with Gasteiger partial charge in [0, 0.05) is 6.42 Å². The van der Waals surface area contributed by atoms with Crippen LogP contribution in [0, 0.1) is 0 Å². The predicted octanol–water partition coefficient (Wildman–Crippen LogP) is 2.21. The van der Waals surface area contributed by atoms with Crippen molar-refractivity contribution in [2.75, 3.05) is 19.1 Å². The van der Waals surface area contributed by atoms with Crippen LogP contribution in [0.3, 0.4) is 0 Å². The van der Waals surface area contributed by atoms with Crippen molar-refractivity contribution in [2.24, 2.45) is 0 Å². The third-order valence-corrected chi connectivity index (χ3v) is 6.06. The minimum Gasteiger partial charge on any atom is -0.467 e. The van der Waals surface area contributed by atoms with Gasteiger partial charge in [0.25, 0.3) is 0 Å². The molecule has 0 saturated carbocycles. The Hall–Kier alpha value is -2.55. The summed E-state index contributed by atoms with van der Waals surface area (Å²) < 4.78 is 4.92. The van der Waals surface area contributed by atoms with E-state index in [0.29, 0.717) is 44.3 Å². The Morgan fingerprint density at radius 1 is 1.09 bits per heavy atom. The maximum atomic E-state index is 13.6. The van der Waals surface area contributed by atoms with Crippen molar-refractivity contribution >= 4 is 36.0 Å². The van der Waals surface area contributed by atoms with E-state index < -0.39 is 35.4 Å². The lowest BCUT2D eigenvalue weighted by Crippen LogP contribution is -2.63. The van der Waals surface area contributed by atoms with Gasteiger partial charge in [-0.15, -0.1) is 0 Å². The van der Waals surface area contributed by atoms with Crippen LogP contribution in [-0.2, 0) is 30.3 Å². The Morgan fingerprint density at radius 2 is 1.73 bits per heavy atom. The predicted molar refractivity (Wildman–Crippen MR) is 131 cm³/mol.